The third-order valence-electron chi connectivity index (χ3n) is 5.43. The van der Waals surface area contributed by atoms with E-state index in [0.717, 1.165) is 6.54 Å². The van der Waals surface area contributed by atoms with E-state index >= 15 is 0 Å². The topological polar surface area (TPSA) is 12.0 Å². The summed E-state index contributed by atoms with van der Waals surface area (Å²) in [5, 5.41) is 3.54. The van der Waals surface area contributed by atoms with Crippen LogP contribution in [0.2, 0.25) is 0 Å². The molecular weight excluding hydrogens is 254 g/mol. The van der Waals surface area contributed by atoms with Gasteiger partial charge in [-0.25, -0.2) is 0 Å². The highest BCUT2D eigenvalue weighted by Crippen LogP contribution is 2.43. The number of hydrogen-bond acceptors (Lipinski definition) is 1. The molecule has 1 aromatic carbocycles. The van der Waals surface area contributed by atoms with Crippen molar-refractivity contribution in [1.82, 2.24) is 5.32 Å². The Morgan fingerprint density at radius 2 is 1.81 bits per heavy atom. The van der Waals surface area contributed by atoms with E-state index in [0.29, 0.717) is 5.41 Å². The summed E-state index contributed by atoms with van der Waals surface area (Å²) >= 11 is 0. The fourth-order valence-electron chi connectivity index (χ4n) is 3.93. The van der Waals surface area contributed by atoms with Crippen LogP contribution in [0.3, 0.4) is 0 Å². The fraction of sp³-hybridized carbons (Fsp3) is 0.700. The maximum atomic E-state index is 3.54. The molecule has 1 fully saturated rings. The highest BCUT2D eigenvalue weighted by Gasteiger charge is 2.31. The molecule has 0 unspecified atom stereocenters. The van der Waals surface area contributed by atoms with Gasteiger partial charge < -0.3 is 5.32 Å². The van der Waals surface area contributed by atoms with Crippen molar-refractivity contribution in [2.24, 2.45) is 5.41 Å². The van der Waals surface area contributed by atoms with Crippen LogP contribution in [0.25, 0.3) is 0 Å². The average Bonchev–Trinajstić information content (AvgIpc) is 2.50. The smallest absolute Gasteiger partial charge is 0.00437 e. The molecular formula is C20H33N. The third kappa shape index (κ3) is 4.85. The zero-order valence-electron chi connectivity index (χ0n) is 14.3. The molecule has 1 heteroatoms. The Balaban J connectivity index is 1.99. The number of benzene rings is 1. The Bertz CT molecular complexity index is 429. The molecule has 0 aromatic heterocycles. The van der Waals surface area contributed by atoms with Crippen LogP contribution in [0.5, 0.6) is 0 Å². The molecule has 0 radical (unpaired) electrons. The Labute approximate surface area is 131 Å². The lowest BCUT2D eigenvalue weighted by molar-refractivity contribution is 0.157. The minimum atomic E-state index is 0.608. The van der Waals surface area contributed by atoms with E-state index in [-0.39, 0.29) is 0 Å². The maximum absolute atomic E-state index is 3.54. The van der Waals surface area contributed by atoms with Gasteiger partial charge in [0, 0.05) is 0 Å². The van der Waals surface area contributed by atoms with Gasteiger partial charge in [0.25, 0.3) is 0 Å². The van der Waals surface area contributed by atoms with Crippen LogP contribution >= 0.6 is 0 Å². The first-order chi connectivity index (χ1) is 10.2. The third-order valence-corrected chi connectivity index (χ3v) is 5.43. The molecule has 0 amide bonds. The highest BCUT2D eigenvalue weighted by atomic mass is 14.8. The SMILES string of the molecule is CCNCCC1(CCc2cc(C)ccc2C)CCCCC1. The predicted octanol–water partition coefficient (Wildman–Crippen LogP) is 5.19. The van der Waals surface area contributed by atoms with Crippen LogP contribution in [0.15, 0.2) is 18.2 Å². The minimum absolute atomic E-state index is 0.608. The Morgan fingerprint density at radius 1 is 1.05 bits per heavy atom. The molecule has 1 N–H and O–H groups in total. The first kappa shape index (κ1) is 16.5. The van der Waals surface area contributed by atoms with Crippen molar-refractivity contribution in [3.8, 4) is 0 Å². The van der Waals surface area contributed by atoms with E-state index in [4.69, 9.17) is 0 Å². The number of aryl methyl sites for hydroxylation is 3. The van der Waals surface area contributed by atoms with Gasteiger partial charge in [0.15, 0.2) is 0 Å². The second kappa shape index (κ2) is 7.98. The van der Waals surface area contributed by atoms with Gasteiger partial charge in [0.05, 0.1) is 0 Å². The summed E-state index contributed by atoms with van der Waals surface area (Å²) in [6, 6.07) is 6.92. The Kier molecular flexibility index (Phi) is 6.29. The number of hydrogen-bond donors (Lipinski definition) is 1. The lowest BCUT2D eigenvalue weighted by Crippen LogP contribution is -2.30. The molecule has 0 aliphatic heterocycles. The first-order valence-corrected chi connectivity index (χ1v) is 8.92. The molecule has 0 atom stereocenters. The number of rotatable bonds is 7. The molecule has 1 aliphatic rings. The molecule has 1 aromatic rings. The molecule has 1 nitrogen and oxygen atoms in total. The molecule has 21 heavy (non-hydrogen) atoms. The molecule has 1 saturated carbocycles. The van der Waals surface area contributed by atoms with Gasteiger partial charge >= 0.3 is 0 Å². The summed E-state index contributed by atoms with van der Waals surface area (Å²) in [6.07, 6.45) is 11.2. The molecule has 2 rings (SSSR count). The van der Waals surface area contributed by atoms with E-state index in [1.807, 2.05) is 0 Å². The van der Waals surface area contributed by atoms with E-state index in [9.17, 15) is 0 Å². The summed E-state index contributed by atoms with van der Waals surface area (Å²) < 4.78 is 0. The van der Waals surface area contributed by atoms with E-state index < -0.39 is 0 Å². The Hall–Kier alpha value is -0.820. The second-order valence-corrected chi connectivity index (χ2v) is 7.09. The molecule has 118 valence electrons. The van der Waals surface area contributed by atoms with Crippen LogP contribution in [0, 0.1) is 19.3 Å². The van der Waals surface area contributed by atoms with Crippen LogP contribution in [0.4, 0.5) is 0 Å². The maximum Gasteiger partial charge on any atom is -0.00437 e. The van der Waals surface area contributed by atoms with Crippen LogP contribution < -0.4 is 5.32 Å². The summed E-state index contributed by atoms with van der Waals surface area (Å²) in [4.78, 5) is 0. The van der Waals surface area contributed by atoms with Crippen molar-refractivity contribution in [2.75, 3.05) is 13.1 Å². The lowest BCUT2D eigenvalue weighted by Gasteiger charge is -2.38. The molecule has 1 aliphatic carbocycles. The summed E-state index contributed by atoms with van der Waals surface area (Å²) in [7, 11) is 0. The normalized spacial score (nSPS) is 17.9. The summed E-state index contributed by atoms with van der Waals surface area (Å²) in [5.74, 6) is 0. The first-order valence-electron chi connectivity index (χ1n) is 8.92. The van der Waals surface area contributed by atoms with Gasteiger partial charge in [0.1, 0.15) is 0 Å². The van der Waals surface area contributed by atoms with Gasteiger partial charge in [-0.15, -0.1) is 0 Å². The van der Waals surface area contributed by atoms with Crippen molar-refractivity contribution < 1.29 is 0 Å². The van der Waals surface area contributed by atoms with E-state index in [1.165, 1.54) is 69.0 Å². The second-order valence-electron chi connectivity index (χ2n) is 7.09. The van der Waals surface area contributed by atoms with Gasteiger partial charge in [0.2, 0.25) is 0 Å². The molecule has 0 saturated heterocycles. The fourth-order valence-corrected chi connectivity index (χ4v) is 3.93. The lowest BCUT2D eigenvalue weighted by atomic mass is 9.68. The van der Waals surface area contributed by atoms with Gasteiger partial charge in [-0.1, -0.05) is 49.9 Å². The molecule has 0 bridgehead atoms. The van der Waals surface area contributed by atoms with Crippen molar-refractivity contribution >= 4 is 0 Å². The van der Waals surface area contributed by atoms with Crippen molar-refractivity contribution in [1.29, 1.82) is 0 Å². The van der Waals surface area contributed by atoms with Crippen LogP contribution in [-0.2, 0) is 6.42 Å². The monoisotopic (exact) mass is 287 g/mol. The number of nitrogens with one attached hydrogen (secondary N) is 1. The summed E-state index contributed by atoms with van der Waals surface area (Å²) in [6.45, 7) is 8.99. The van der Waals surface area contributed by atoms with Crippen LogP contribution in [-0.4, -0.2) is 13.1 Å². The van der Waals surface area contributed by atoms with Crippen molar-refractivity contribution in [3.63, 3.8) is 0 Å². The highest BCUT2D eigenvalue weighted by molar-refractivity contribution is 5.30. The minimum Gasteiger partial charge on any atom is -0.317 e. The summed E-state index contributed by atoms with van der Waals surface area (Å²) in [5.41, 5.74) is 5.05. The Morgan fingerprint density at radius 3 is 2.52 bits per heavy atom. The van der Waals surface area contributed by atoms with E-state index in [2.05, 4.69) is 44.3 Å². The standard InChI is InChI=1S/C20H33N/c1-4-21-15-14-20(11-6-5-7-12-20)13-10-19-16-17(2)8-9-18(19)3/h8-9,16,21H,4-7,10-15H2,1-3H3. The molecule has 0 heterocycles. The molecule has 0 spiro atoms. The zero-order chi connectivity index (χ0) is 15.1. The van der Waals surface area contributed by atoms with Gasteiger partial charge in [-0.3, -0.25) is 0 Å². The van der Waals surface area contributed by atoms with Gasteiger partial charge in [-0.05, 0) is 75.6 Å². The van der Waals surface area contributed by atoms with Crippen molar-refractivity contribution in [2.45, 2.75) is 72.1 Å². The van der Waals surface area contributed by atoms with Crippen LogP contribution in [0.1, 0.15) is 68.6 Å². The quantitative estimate of drug-likeness (QED) is 0.681. The van der Waals surface area contributed by atoms with E-state index in [1.54, 1.807) is 5.56 Å². The largest absolute Gasteiger partial charge is 0.317 e. The van der Waals surface area contributed by atoms with Crippen molar-refractivity contribution in [3.05, 3.63) is 34.9 Å². The predicted molar refractivity (Wildman–Crippen MR) is 92.9 cm³/mol. The average molecular weight is 287 g/mol. The van der Waals surface area contributed by atoms with Gasteiger partial charge in [-0.2, -0.15) is 0 Å². The zero-order valence-corrected chi connectivity index (χ0v) is 14.3.